The lowest BCUT2D eigenvalue weighted by Gasteiger charge is -2.02. The molecule has 122 valence electrons. The average molecular weight is 328 g/mol. The van der Waals surface area contributed by atoms with Crippen LogP contribution in [0.25, 0.3) is 22.1 Å². The number of rotatable bonds is 3. The number of benzene rings is 3. The standard InChI is InChI=1S/C21H16N2O2/c1-14-7-2-5-12-18(14)22-23-19-13-20(25-21(19)24)17-11-6-9-15-8-3-4-10-16(15)17/h2-13,24H,1H3. The van der Waals surface area contributed by atoms with Crippen LogP contribution >= 0.6 is 0 Å². The average Bonchev–Trinajstić information content (AvgIpc) is 3.01. The zero-order valence-corrected chi connectivity index (χ0v) is 13.7. The molecule has 0 aliphatic carbocycles. The molecule has 0 amide bonds. The quantitative estimate of drug-likeness (QED) is 0.435. The van der Waals surface area contributed by atoms with Gasteiger partial charge in [0.2, 0.25) is 0 Å². The predicted octanol–water partition coefficient (Wildman–Crippen LogP) is 6.53. The van der Waals surface area contributed by atoms with Crippen molar-refractivity contribution in [1.82, 2.24) is 0 Å². The summed E-state index contributed by atoms with van der Waals surface area (Å²) in [6.45, 7) is 1.96. The maximum Gasteiger partial charge on any atom is 0.311 e. The van der Waals surface area contributed by atoms with Crippen LogP contribution in [0.2, 0.25) is 0 Å². The molecule has 0 aliphatic rings. The maximum atomic E-state index is 10.1. The van der Waals surface area contributed by atoms with Crippen molar-refractivity contribution in [3.63, 3.8) is 0 Å². The summed E-state index contributed by atoms with van der Waals surface area (Å²) in [6.07, 6.45) is 0. The van der Waals surface area contributed by atoms with Gasteiger partial charge in [0, 0.05) is 11.6 Å². The first kappa shape index (κ1) is 15.1. The van der Waals surface area contributed by atoms with E-state index in [0.717, 1.165) is 27.6 Å². The van der Waals surface area contributed by atoms with Crippen LogP contribution in [-0.2, 0) is 0 Å². The highest BCUT2D eigenvalue weighted by molar-refractivity contribution is 5.95. The Morgan fingerprint density at radius 3 is 2.40 bits per heavy atom. The van der Waals surface area contributed by atoms with Gasteiger partial charge in [-0.25, -0.2) is 0 Å². The van der Waals surface area contributed by atoms with Crippen molar-refractivity contribution in [1.29, 1.82) is 0 Å². The number of furan rings is 1. The largest absolute Gasteiger partial charge is 0.479 e. The van der Waals surface area contributed by atoms with Gasteiger partial charge in [-0.3, -0.25) is 0 Å². The molecule has 1 heterocycles. The van der Waals surface area contributed by atoms with Crippen LogP contribution in [0.5, 0.6) is 5.95 Å². The van der Waals surface area contributed by atoms with Crippen molar-refractivity contribution in [3.8, 4) is 17.3 Å². The van der Waals surface area contributed by atoms with Gasteiger partial charge < -0.3 is 9.52 Å². The van der Waals surface area contributed by atoms with E-state index in [2.05, 4.69) is 10.2 Å². The molecule has 4 rings (SSSR count). The van der Waals surface area contributed by atoms with Gasteiger partial charge in [-0.2, -0.15) is 5.11 Å². The Bertz CT molecular complexity index is 1070. The number of aromatic hydroxyl groups is 1. The molecule has 0 atom stereocenters. The summed E-state index contributed by atoms with van der Waals surface area (Å²) in [5, 5.41) is 20.6. The third-order valence-corrected chi connectivity index (χ3v) is 4.13. The summed E-state index contributed by atoms with van der Waals surface area (Å²) < 4.78 is 5.53. The molecule has 0 saturated heterocycles. The van der Waals surface area contributed by atoms with E-state index in [1.165, 1.54) is 0 Å². The summed E-state index contributed by atoms with van der Waals surface area (Å²) >= 11 is 0. The zero-order chi connectivity index (χ0) is 17.2. The third-order valence-electron chi connectivity index (χ3n) is 4.13. The summed E-state index contributed by atoms with van der Waals surface area (Å²) in [5.74, 6) is 0.327. The predicted molar refractivity (Wildman–Crippen MR) is 98.7 cm³/mol. The second-order valence-corrected chi connectivity index (χ2v) is 5.81. The van der Waals surface area contributed by atoms with Gasteiger partial charge in [-0.15, -0.1) is 5.11 Å². The van der Waals surface area contributed by atoms with E-state index in [0.29, 0.717) is 11.4 Å². The van der Waals surface area contributed by atoms with Crippen molar-refractivity contribution >= 4 is 22.1 Å². The molecule has 0 saturated carbocycles. The van der Waals surface area contributed by atoms with E-state index in [-0.39, 0.29) is 5.95 Å². The monoisotopic (exact) mass is 328 g/mol. The summed E-state index contributed by atoms with van der Waals surface area (Å²) in [7, 11) is 0. The first-order valence-electron chi connectivity index (χ1n) is 8.01. The molecular weight excluding hydrogens is 312 g/mol. The van der Waals surface area contributed by atoms with Crippen LogP contribution in [0.1, 0.15) is 5.56 Å². The molecule has 1 aromatic heterocycles. The van der Waals surface area contributed by atoms with E-state index in [4.69, 9.17) is 4.42 Å². The Labute approximate surface area is 145 Å². The van der Waals surface area contributed by atoms with Crippen molar-refractivity contribution in [2.45, 2.75) is 6.92 Å². The number of nitrogens with zero attached hydrogens (tertiary/aromatic N) is 2. The molecule has 3 aromatic carbocycles. The SMILES string of the molecule is Cc1ccccc1N=Nc1cc(-c2cccc3ccccc23)oc1O. The first-order chi connectivity index (χ1) is 12.2. The van der Waals surface area contributed by atoms with Crippen LogP contribution in [0.15, 0.2) is 87.4 Å². The second kappa shape index (κ2) is 6.24. The topological polar surface area (TPSA) is 58.1 Å². The highest BCUT2D eigenvalue weighted by Crippen LogP contribution is 2.39. The van der Waals surface area contributed by atoms with Gasteiger partial charge in [0.1, 0.15) is 5.76 Å². The Morgan fingerprint density at radius 2 is 1.52 bits per heavy atom. The van der Waals surface area contributed by atoms with Gasteiger partial charge in [0.15, 0.2) is 5.69 Å². The van der Waals surface area contributed by atoms with E-state index in [1.54, 1.807) is 6.07 Å². The van der Waals surface area contributed by atoms with Crippen molar-refractivity contribution in [2.24, 2.45) is 10.2 Å². The first-order valence-corrected chi connectivity index (χ1v) is 8.01. The Morgan fingerprint density at radius 1 is 0.800 bits per heavy atom. The third kappa shape index (κ3) is 2.90. The molecule has 0 radical (unpaired) electrons. The number of fused-ring (bicyclic) bond motifs is 1. The molecule has 0 unspecified atom stereocenters. The van der Waals surface area contributed by atoms with Gasteiger partial charge in [-0.1, -0.05) is 60.7 Å². The summed E-state index contributed by atoms with van der Waals surface area (Å²) in [5.41, 5.74) is 3.00. The van der Waals surface area contributed by atoms with E-state index in [1.807, 2.05) is 73.7 Å². The van der Waals surface area contributed by atoms with Crippen molar-refractivity contribution in [2.75, 3.05) is 0 Å². The van der Waals surface area contributed by atoms with Gasteiger partial charge in [0.05, 0.1) is 5.69 Å². The summed E-state index contributed by atoms with van der Waals surface area (Å²) in [4.78, 5) is 0. The number of hydrogen-bond donors (Lipinski definition) is 1. The van der Waals surface area contributed by atoms with Crippen LogP contribution in [-0.4, -0.2) is 5.11 Å². The fraction of sp³-hybridized carbons (Fsp3) is 0.0476. The smallest absolute Gasteiger partial charge is 0.311 e. The normalized spacial score (nSPS) is 11.4. The zero-order valence-electron chi connectivity index (χ0n) is 13.7. The minimum atomic E-state index is -0.236. The lowest BCUT2D eigenvalue weighted by atomic mass is 10.0. The van der Waals surface area contributed by atoms with E-state index in [9.17, 15) is 5.11 Å². The number of aryl methyl sites for hydroxylation is 1. The molecule has 0 spiro atoms. The molecule has 1 N–H and O–H groups in total. The maximum absolute atomic E-state index is 10.1. The van der Waals surface area contributed by atoms with Crippen LogP contribution in [0.3, 0.4) is 0 Å². The fourth-order valence-electron chi connectivity index (χ4n) is 2.80. The Balaban J connectivity index is 1.74. The minimum absolute atomic E-state index is 0.236. The molecule has 25 heavy (non-hydrogen) atoms. The molecule has 4 nitrogen and oxygen atoms in total. The molecule has 0 bridgehead atoms. The van der Waals surface area contributed by atoms with Crippen LogP contribution < -0.4 is 0 Å². The highest BCUT2D eigenvalue weighted by atomic mass is 16.5. The summed E-state index contributed by atoms with van der Waals surface area (Å²) in [6, 6.07) is 23.4. The lowest BCUT2D eigenvalue weighted by Crippen LogP contribution is -1.77. The molecule has 4 heteroatoms. The molecule has 4 aromatic rings. The minimum Gasteiger partial charge on any atom is -0.479 e. The molecule has 0 fully saturated rings. The van der Waals surface area contributed by atoms with Gasteiger partial charge in [0.25, 0.3) is 0 Å². The Hall–Kier alpha value is -3.40. The van der Waals surface area contributed by atoms with E-state index >= 15 is 0 Å². The van der Waals surface area contributed by atoms with Crippen LogP contribution in [0.4, 0.5) is 11.4 Å². The number of hydrogen-bond acceptors (Lipinski definition) is 4. The van der Waals surface area contributed by atoms with Gasteiger partial charge >= 0.3 is 5.95 Å². The van der Waals surface area contributed by atoms with Crippen LogP contribution in [0, 0.1) is 6.92 Å². The lowest BCUT2D eigenvalue weighted by molar-refractivity contribution is 0.339. The molecule has 0 aliphatic heterocycles. The number of azo groups is 1. The fourth-order valence-corrected chi connectivity index (χ4v) is 2.80. The Kier molecular flexibility index (Phi) is 3.78. The molecular formula is C21H16N2O2. The van der Waals surface area contributed by atoms with E-state index < -0.39 is 0 Å². The highest BCUT2D eigenvalue weighted by Gasteiger charge is 2.13. The second-order valence-electron chi connectivity index (χ2n) is 5.81. The van der Waals surface area contributed by atoms with Crippen molar-refractivity contribution < 1.29 is 9.52 Å². The van der Waals surface area contributed by atoms with Crippen molar-refractivity contribution in [3.05, 3.63) is 78.4 Å². The van der Waals surface area contributed by atoms with Gasteiger partial charge in [-0.05, 0) is 29.3 Å².